The van der Waals surface area contributed by atoms with E-state index in [1.54, 1.807) is 14.1 Å². The molecule has 0 unspecified atom stereocenters. The second-order valence-electron chi connectivity index (χ2n) is 6.70. The number of hydrogen-bond acceptors (Lipinski definition) is 3. The van der Waals surface area contributed by atoms with Crippen LogP contribution in [-0.4, -0.2) is 56.1 Å². The van der Waals surface area contributed by atoms with Gasteiger partial charge in [0.2, 0.25) is 10.0 Å². The van der Waals surface area contributed by atoms with Crippen LogP contribution in [0.3, 0.4) is 0 Å². The zero-order valence-electron chi connectivity index (χ0n) is 15.5. The molecule has 0 spiro atoms. The predicted molar refractivity (Wildman–Crippen MR) is 114 cm³/mol. The van der Waals surface area contributed by atoms with Crippen molar-refractivity contribution in [2.24, 2.45) is 0 Å². The van der Waals surface area contributed by atoms with E-state index in [4.69, 9.17) is 0 Å². The Kier molecular flexibility index (Phi) is 19.3. The van der Waals surface area contributed by atoms with Crippen LogP contribution in [0.1, 0.15) is 61.5 Å². The van der Waals surface area contributed by atoms with Crippen LogP contribution in [0.5, 0.6) is 0 Å². The fourth-order valence-electron chi connectivity index (χ4n) is 2.23. The summed E-state index contributed by atoms with van der Waals surface area (Å²) < 4.78 is 36.8. The third kappa shape index (κ3) is 10.5. The average Bonchev–Trinajstić information content (AvgIpc) is 2.37. The standard InChI is InChI=1S/C9H11F.C8H18N2O2S.3CH4.Y/c1-7(2)8-3-5-9(10)6-4-8;1-7(2)10-5-8(6-10)13(11,12)9(3)4;;;;/h3-7H,1-2H3;7-8H,5-6H2,1-4H3;3*1H4;. The SMILES string of the molecule is C.C.C.CC(C)N1CC(S(=O)(=O)N(C)C)C1.CC(C)c1ccc(F)cc1.[Y]. The number of benzene rings is 1. The molecule has 4 nitrogen and oxygen atoms in total. The molecule has 1 aliphatic rings. The van der Waals surface area contributed by atoms with Crippen molar-refractivity contribution in [1.29, 1.82) is 0 Å². The van der Waals surface area contributed by atoms with E-state index in [-0.39, 0.29) is 66.1 Å². The van der Waals surface area contributed by atoms with E-state index in [1.807, 2.05) is 12.1 Å². The molecule has 1 radical (unpaired) electrons. The summed E-state index contributed by atoms with van der Waals surface area (Å²) in [5, 5.41) is -0.190. The van der Waals surface area contributed by atoms with Gasteiger partial charge in [0.1, 0.15) is 11.1 Å². The maximum absolute atomic E-state index is 12.4. The van der Waals surface area contributed by atoms with Gasteiger partial charge in [0, 0.05) is 65.9 Å². The van der Waals surface area contributed by atoms with Crippen LogP contribution in [0.4, 0.5) is 4.39 Å². The molecule has 159 valence electrons. The van der Waals surface area contributed by atoms with E-state index >= 15 is 0 Å². The molecule has 0 N–H and O–H groups in total. The molecule has 1 fully saturated rings. The second-order valence-corrected chi connectivity index (χ2v) is 9.13. The van der Waals surface area contributed by atoms with E-state index in [0.29, 0.717) is 25.0 Å². The Morgan fingerprint density at radius 1 is 1.00 bits per heavy atom. The van der Waals surface area contributed by atoms with Gasteiger partial charge in [-0.15, -0.1) is 0 Å². The van der Waals surface area contributed by atoms with Crippen LogP contribution in [0, 0.1) is 5.82 Å². The van der Waals surface area contributed by atoms with Crippen LogP contribution in [-0.2, 0) is 42.7 Å². The molecule has 0 aromatic heterocycles. The summed E-state index contributed by atoms with van der Waals surface area (Å²) in [6, 6.07) is 7.08. The summed E-state index contributed by atoms with van der Waals surface area (Å²) in [4.78, 5) is 2.16. The Hall–Kier alpha value is 0.124. The third-order valence-electron chi connectivity index (χ3n) is 4.07. The minimum atomic E-state index is -3.01. The second kappa shape index (κ2) is 15.0. The van der Waals surface area contributed by atoms with Gasteiger partial charge in [0.25, 0.3) is 0 Å². The molecule has 0 aliphatic carbocycles. The Bertz CT molecular complexity index is 585. The van der Waals surface area contributed by atoms with Gasteiger partial charge in [0.05, 0.1) is 0 Å². The fourth-order valence-corrected chi connectivity index (χ4v) is 3.58. The van der Waals surface area contributed by atoms with Crippen molar-refractivity contribution in [3.63, 3.8) is 0 Å². The fraction of sp³-hybridized carbons (Fsp3) is 0.700. The molecule has 0 atom stereocenters. The maximum Gasteiger partial charge on any atom is 0.219 e. The van der Waals surface area contributed by atoms with Gasteiger partial charge in [-0.2, -0.15) is 0 Å². The summed E-state index contributed by atoms with van der Waals surface area (Å²) in [6.07, 6.45) is 0. The van der Waals surface area contributed by atoms with Crippen molar-refractivity contribution in [3.8, 4) is 0 Å². The van der Waals surface area contributed by atoms with Crippen LogP contribution < -0.4 is 0 Å². The molecular formula is C20H41FN2O2SY. The molecular weight excluding hydrogens is 440 g/mol. The van der Waals surface area contributed by atoms with Crippen molar-refractivity contribution >= 4 is 10.0 Å². The number of rotatable bonds is 4. The van der Waals surface area contributed by atoms with Gasteiger partial charge in [0.15, 0.2) is 0 Å². The van der Waals surface area contributed by atoms with E-state index in [0.717, 1.165) is 0 Å². The first kappa shape index (κ1) is 34.6. The molecule has 1 saturated heterocycles. The smallest absolute Gasteiger partial charge is 0.219 e. The summed E-state index contributed by atoms with van der Waals surface area (Å²) in [6.45, 7) is 9.70. The summed E-state index contributed by atoms with van der Waals surface area (Å²) in [7, 11) is 0.166. The van der Waals surface area contributed by atoms with E-state index in [9.17, 15) is 12.8 Å². The molecule has 7 heteroatoms. The zero-order valence-corrected chi connectivity index (χ0v) is 19.2. The number of nitrogens with zero attached hydrogens (tertiary/aromatic N) is 2. The molecule has 0 amide bonds. The Morgan fingerprint density at radius 2 is 1.41 bits per heavy atom. The Balaban J connectivity index is -0.000000174. The molecule has 1 aromatic carbocycles. The zero-order chi connectivity index (χ0) is 17.8. The van der Waals surface area contributed by atoms with Crippen molar-refractivity contribution in [2.75, 3.05) is 27.2 Å². The number of likely N-dealkylation sites (tertiary alicyclic amines) is 1. The summed E-state index contributed by atoms with van der Waals surface area (Å²) >= 11 is 0. The number of halogens is 1. The Morgan fingerprint density at radius 3 is 1.70 bits per heavy atom. The van der Waals surface area contributed by atoms with E-state index in [2.05, 4.69) is 32.6 Å². The first-order valence-corrected chi connectivity index (χ1v) is 9.46. The van der Waals surface area contributed by atoms with Crippen LogP contribution in [0.2, 0.25) is 0 Å². The maximum atomic E-state index is 12.4. The average molecular weight is 482 g/mol. The first-order valence-electron chi connectivity index (χ1n) is 7.96. The van der Waals surface area contributed by atoms with Crippen LogP contribution in [0.15, 0.2) is 24.3 Å². The van der Waals surface area contributed by atoms with Crippen molar-refractivity contribution < 1.29 is 45.5 Å². The van der Waals surface area contributed by atoms with Crippen molar-refractivity contribution in [1.82, 2.24) is 9.21 Å². The molecule has 27 heavy (non-hydrogen) atoms. The molecule has 2 rings (SSSR count). The van der Waals surface area contributed by atoms with Crippen molar-refractivity contribution in [2.45, 2.75) is 67.2 Å². The quantitative estimate of drug-likeness (QED) is 0.619. The van der Waals surface area contributed by atoms with Crippen molar-refractivity contribution in [3.05, 3.63) is 35.6 Å². The van der Waals surface area contributed by atoms with E-state index in [1.165, 1.54) is 22.0 Å². The number of hydrogen-bond donors (Lipinski definition) is 0. The molecule has 0 bridgehead atoms. The van der Waals surface area contributed by atoms with Gasteiger partial charge in [-0.3, -0.25) is 4.90 Å². The largest absolute Gasteiger partial charge is 0.298 e. The normalized spacial score (nSPS) is 14.0. The molecule has 1 aliphatic heterocycles. The van der Waals surface area contributed by atoms with Crippen LogP contribution in [0.25, 0.3) is 0 Å². The van der Waals surface area contributed by atoms with Gasteiger partial charge in [-0.25, -0.2) is 17.1 Å². The summed E-state index contributed by atoms with van der Waals surface area (Å²) in [5.74, 6) is 0.324. The van der Waals surface area contributed by atoms with E-state index < -0.39 is 10.0 Å². The molecule has 1 aromatic rings. The minimum Gasteiger partial charge on any atom is -0.298 e. The molecule has 0 saturated carbocycles. The third-order valence-corrected chi connectivity index (χ3v) is 6.23. The van der Waals surface area contributed by atoms with Crippen LogP contribution >= 0.6 is 0 Å². The topological polar surface area (TPSA) is 40.6 Å². The van der Waals surface area contributed by atoms with Gasteiger partial charge in [-0.05, 0) is 37.5 Å². The monoisotopic (exact) mass is 481 g/mol. The van der Waals surface area contributed by atoms with Gasteiger partial charge in [-0.1, -0.05) is 48.3 Å². The predicted octanol–water partition coefficient (Wildman–Crippen LogP) is 4.83. The number of sulfonamides is 1. The minimum absolute atomic E-state index is 0. The Labute approximate surface area is 193 Å². The summed E-state index contributed by atoms with van der Waals surface area (Å²) in [5.41, 5.74) is 1.18. The van der Waals surface area contributed by atoms with Gasteiger partial charge < -0.3 is 0 Å². The first-order chi connectivity index (χ1) is 10.6. The van der Waals surface area contributed by atoms with Gasteiger partial charge >= 0.3 is 0 Å². The molecule has 1 heterocycles.